The lowest BCUT2D eigenvalue weighted by Crippen LogP contribution is -2.35. The van der Waals surface area contributed by atoms with Crippen molar-refractivity contribution in [3.05, 3.63) is 101 Å². The number of benzene rings is 2. The Hall–Kier alpha value is -3.57. The average Bonchev–Trinajstić information content (AvgIpc) is 3.30. The molecule has 1 saturated heterocycles. The lowest BCUT2D eigenvalue weighted by atomic mass is 9.79. The van der Waals surface area contributed by atoms with Gasteiger partial charge in [0, 0.05) is 35.9 Å². The zero-order valence-electron chi connectivity index (χ0n) is 20.4. The molecular weight excluding hydrogens is 444 g/mol. The normalized spacial score (nSPS) is 23.4. The molecule has 4 heterocycles. The van der Waals surface area contributed by atoms with Gasteiger partial charge in [0.05, 0.1) is 10.9 Å². The number of carbonyl (C=O) groups is 1. The van der Waals surface area contributed by atoms with Gasteiger partial charge in [-0.25, -0.2) is 4.98 Å². The summed E-state index contributed by atoms with van der Waals surface area (Å²) in [5, 5.41) is 4.18. The zero-order valence-corrected chi connectivity index (χ0v) is 20.4. The first-order valence-electron chi connectivity index (χ1n) is 13.2. The lowest BCUT2D eigenvalue weighted by molar-refractivity contribution is -0.120. The number of anilines is 1. The Morgan fingerprint density at radius 1 is 0.944 bits per heavy atom. The van der Waals surface area contributed by atoms with Crippen LogP contribution in [-0.4, -0.2) is 27.3 Å². The first-order chi connectivity index (χ1) is 17.7. The molecule has 5 nitrogen and oxygen atoms in total. The van der Waals surface area contributed by atoms with Crippen LogP contribution in [0, 0.1) is 0 Å². The van der Waals surface area contributed by atoms with Gasteiger partial charge in [0.1, 0.15) is 5.82 Å². The summed E-state index contributed by atoms with van der Waals surface area (Å²) in [6.07, 6.45) is 10.3. The van der Waals surface area contributed by atoms with Crippen molar-refractivity contribution in [2.75, 3.05) is 11.9 Å². The molecule has 2 aromatic carbocycles. The van der Waals surface area contributed by atoms with E-state index in [9.17, 15) is 4.79 Å². The van der Waals surface area contributed by atoms with Crippen molar-refractivity contribution in [2.45, 2.75) is 56.5 Å². The van der Waals surface area contributed by atoms with Crippen LogP contribution >= 0.6 is 0 Å². The number of rotatable bonds is 3. The maximum Gasteiger partial charge on any atom is 0.237 e. The van der Waals surface area contributed by atoms with Crippen LogP contribution in [0.25, 0.3) is 10.9 Å². The number of hydrogen-bond donors (Lipinski definition) is 1. The molecule has 0 radical (unpaired) electrons. The van der Waals surface area contributed by atoms with Crippen molar-refractivity contribution >= 4 is 22.6 Å². The van der Waals surface area contributed by atoms with Gasteiger partial charge in [0.25, 0.3) is 0 Å². The van der Waals surface area contributed by atoms with Crippen LogP contribution in [0.5, 0.6) is 0 Å². The Bertz CT molecular complexity index is 1470. The standard InChI is InChI=1S/C31H30N4O/c36-30-31(26-10-7-12-32-29(26)34-30)17-24-15-23-14-21(19-33-27(23)16-25(24)18-31)20-35-13-6-2-5-11-28(35)22-8-3-1-4-9-22/h1,3-4,7-10,12,14-16,19,28H,2,5-6,11,13,17-18,20H2,(H,32,34,36). The molecule has 4 aromatic rings. The molecule has 2 atom stereocenters. The predicted octanol–water partition coefficient (Wildman–Crippen LogP) is 5.74. The minimum absolute atomic E-state index is 0.0678. The smallest absolute Gasteiger partial charge is 0.237 e. The van der Waals surface area contributed by atoms with Crippen molar-refractivity contribution < 1.29 is 4.79 Å². The fraction of sp³-hybridized carbons (Fsp3) is 0.323. The number of pyridine rings is 2. The molecule has 1 aliphatic carbocycles. The van der Waals surface area contributed by atoms with Crippen LogP contribution in [0.4, 0.5) is 5.82 Å². The predicted molar refractivity (Wildman–Crippen MR) is 142 cm³/mol. The summed E-state index contributed by atoms with van der Waals surface area (Å²) >= 11 is 0. The number of hydrogen-bond acceptors (Lipinski definition) is 4. The molecule has 7 rings (SSSR count). The number of carbonyl (C=O) groups excluding carboxylic acids is 1. The van der Waals surface area contributed by atoms with Gasteiger partial charge in [0.2, 0.25) is 5.91 Å². The van der Waals surface area contributed by atoms with Gasteiger partial charge in [-0.3, -0.25) is 14.7 Å². The summed E-state index contributed by atoms with van der Waals surface area (Å²) in [6.45, 7) is 2.03. The molecule has 180 valence electrons. The van der Waals surface area contributed by atoms with E-state index in [1.165, 1.54) is 53.3 Å². The molecule has 0 bridgehead atoms. The fourth-order valence-electron chi connectivity index (χ4n) is 6.68. The maximum atomic E-state index is 13.1. The molecule has 1 spiro atoms. The Morgan fingerprint density at radius 2 is 1.81 bits per heavy atom. The van der Waals surface area contributed by atoms with Gasteiger partial charge in [-0.2, -0.15) is 0 Å². The van der Waals surface area contributed by atoms with E-state index in [4.69, 9.17) is 4.98 Å². The number of fused-ring (bicyclic) bond motifs is 4. The highest BCUT2D eigenvalue weighted by atomic mass is 16.2. The van der Waals surface area contributed by atoms with Gasteiger partial charge in [0.15, 0.2) is 0 Å². The van der Waals surface area contributed by atoms with Crippen LogP contribution in [0.15, 0.2) is 73.1 Å². The quantitative estimate of drug-likeness (QED) is 0.412. The molecule has 1 N–H and O–H groups in total. The Morgan fingerprint density at radius 3 is 2.69 bits per heavy atom. The third-order valence-electron chi connectivity index (χ3n) is 8.47. The summed E-state index contributed by atoms with van der Waals surface area (Å²) in [5.74, 6) is 0.781. The van der Waals surface area contributed by atoms with Gasteiger partial charge in [-0.1, -0.05) is 49.2 Å². The van der Waals surface area contributed by atoms with Crippen molar-refractivity contribution in [1.82, 2.24) is 14.9 Å². The van der Waals surface area contributed by atoms with Crippen molar-refractivity contribution in [3.8, 4) is 0 Å². The molecule has 5 heteroatoms. The van der Waals surface area contributed by atoms with E-state index in [0.29, 0.717) is 18.3 Å². The number of likely N-dealkylation sites (tertiary alicyclic amines) is 1. The summed E-state index contributed by atoms with van der Waals surface area (Å²) in [4.78, 5) is 25.0. The first-order valence-corrected chi connectivity index (χ1v) is 13.2. The third-order valence-corrected chi connectivity index (χ3v) is 8.47. The van der Waals surface area contributed by atoms with E-state index >= 15 is 0 Å². The minimum atomic E-state index is -0.541. The highest BCUT2D eigenvalue weighted by molar-refractivity contribution is 6.06. The number of amides is 1. The van der Waals surface area contributed by atoms with E-state index in [-0.39, 0.29) is 5.91 Å². The minimum Gasteiger partial charge on any atom is -0.310 e. The molecule has 1 amide bonds. The Balaban J connectivity index is 1.20. The molecule has 36 heavy (non-hydrogen) atoms. The van der Waals surface area contributed by atoms with E-state index in [0.717, 1.165) is 30.6 Å². The SMILES string of the molecule is O=C1Nc2ncccc2C12Cc1cc3cc(CN4CCCCCC4c4ccccc4)cnc3cc1C2. The molecule has 2 aliphatic heterocycles. The van der Waals surface area contributed by atoms with Gasteiger partial charge >= 0.3 is 0 Å². The van der Waals surface area contributed by atoms with Gasteiger partial charge in [-0.05, 0) is 78.7 Å². The molecule has 2 unspecified atom stereocenters. The van der Waals surface area contributed by atoms with E-state index in [1.807, 2.05) is 18.3 Å². The van der Waals surface area contributed by atoms with E-state index < -0.39 is 5.41 Å². The second-order valence-corrected chi connectivity index (χ2v) is 10.7. The molecule has 2 aromatic heterocycles. The van der Waals surface area contributed by atoms with Crippen molar-refractivity contribution in [3.63, 3.8) is 0 Å². The fourth-order valence-corrected chi connectivity index (χ4v) is 6.68. The van der Waals surface area contributed by atoms with Gasteiger partial charge < -0.3 is 5.32 Å². The summed E-state index contributed by atoms with van der Waals surface area (Å²) in [6, 6.07) is 22.2. The second kappa shape index (κ2) is 8.52. The van der Waals surface area contributed by atoms with E-state index in [1.54, 1.807) is 6.20 Å². The molecule has 3 aliphatic rings. The number of nitrogens with zero attached hydrogens (tertiary/aromatic N) is 3. The van der Waals surface area contributed by atoms with Gasteiger partial charge in [-0.15, -0.1) is 0 Å². The first kappa shape index (κ1) is 21.7. The average molecular weight is 475 g/mol. The van der Waals surface area contributed by atoms with Crippen LogP contribution < -0.4 is 5.32 Å². The zero-order chi connectivity index (χ0) is 24.1. The number of nitrogens with one attached hydrogen (secondary N) is 1. The largest absolute Gasteiger partial charge is 0.310 e. The van der Waals surface area contributed by atoms with Crippen LogP contribution in [0.3, 0.4) is 0 Å². The monoisotopic (exact) mass is 474 g/mol. The van der Waals surface area contributed by atoms with E-state index in [2.05, 4.69) is 63.7 Å². The second-order valence-electron chi connectivity index (χ2n) is 10.7. The summed E-state index contributed by atoms with van der Waals surface area (Å²) in [5.41, 5.74) is 6.65. The Labute approximate surface area is 211 Å². The summed E-state index contributed by atoms with van der Waals surface area (Å²) in [7, 11) is 0. The third kappa shape index (κ3) is 3.53. The van der Waals surface area contributed by atoms with Crippen LogP contribution in [0.1, 0.15) is 59.5 Å². The molecule has 1 fully saturated rings. The summed E-state index contributed by atoms with van der Waals surface area (Å²) < 4.78 is 0. The van der Waals surface area contributed by atoms with Crippen molar-refractivity contribution in [2.24, 2.45) is 0 Å². The highest BCUT2D eigenvalue weighted by Gasteiger charge is 2.51. The molecular formula is C31H30N4O. The maximum absolute atomic E-state index is 13.1. The van der Waals surface area contributed by atoms with Crippen LogP contribution in [-0.2, 0) is 29.6 Å². The highest BCUT2D eigenvalue weighted by Crippen LogP contribution is 2.47. The van der Waals surface area contributed by atoms with Crippen LogP contribution in [0.2, 0.25) is 0 Å². The van der Waals surface area contributed by atoms with Crippen molar-refractivity contribution in [1.29, 1.82) is 0 Å². The Kier molecular flexibility index (Phi) is 5.14. The topological polar surface area (TPSA) is 58.1 Å². The number of aromatic nitrogens is 2. The molecule has 0 saturated carbocycles. The lowest BCUT2D eigenvalue weighted by Gasteiger charge is -2.30.